The molecule has 0 heterocycles. The van der Waals surface area contributed by atoms with E-state index >= 15 is 0 Å². The van der Waals surface area contributed by atoms with Gasteiger partial charge in [-0.2, -0.15) is 5.48 Å². The molecule has 0 bridgehead atoms. The molecule has 0 aliphatic rings. The Labute approximate surface area is 156 Å². The van der Waals surface area contributed by atoms with Crippen LogP contribution in [0, 0.1) is 5.41 Å². The fourth-order valence-corrected chi connectivity index (χ4v) is 2.90. The highest BCUT2D eigenvalue weighted by Crippen LogP contribution is 2.25. The van der Waals surface area contributed by atoms with Crippen molar-refractivity contribution >= 4 is 6.09 Å². The molecule has 0 spiro atoms. The van der Waals surface area contributed by atoms with Crippen LogP contribution in [0.3, 0.4) is 0 Å². The molecule has 1 aromatic carbocycles. The van der Waals surface area contributed by atoms with Crippen LogP contribution in [-0.4, -0.2) is 40.6 Å². The molecule has 0 saturated heterocycles. The predicted octanol–water partition coefficient (Wildman–Crippen LogP) is 3.35. The average Bonchev–Trinajstić information content (AvgIpc) is 2.57. The van der Waals surface area contributed by atoms with Crippen molar-refractivity contribution in [2.45, 2.75) is 78.2 Å². The minimum absolute atomic E-state index is 0.0482. The smallest absolute Gasteiger partial charge is 0.404 e. The largest absolute Gasteiger partial charge is 0.465 e. The van der Waals surface area contributed by atoms with Gasteiger partial charge in [0, 0.05) is 0 Å². The van der Waals surface area contributed by atoms with Crippen molar-refractivity contribution < 1.29 is 19.8 Å². The number of hydrogen-bond donors (Lipinski definition) is 4. The molecule has 1 amide bonds. The minimum atomic E-state index is -1.15. The number of benzene rings is 1. The number of hydroxylamine groups is 1. The van der Waals surface area contributed by atoms with Crippen LogP contribution in [0.4, 0.5) is 4.79 Å². The molecule has 26 heavy (non-hydrogen) atoms. The summed E-state index contributed by atoms with van der Waals surface area (Å²) in [6.07, 6.45) is 0.0496. The van der Waals surface area contributed by atoms with Crippen LogP contribution in [0.5, 0.6) is 0 Å². The molecular weight excluding hydrogens is 332 g/mol. The highest BCUT2D eigenvalue weighted by Gasteiger charge is 2.37. The van der Waals surface area contributed by atoms with E-state index < -0.39 is 24.3 Å². The molecule has 1 aromatic rings. The first-order chi connectivity index (χ1) is 12.2. The summed E-state index contributed by atoms with van der Waals surface area (Å²) < 4.78 is 0. The Morgan fingerprint density at radius 1 is 1.15 bits per heavy atom. The van der Waals surface area contributed by atoms with E-state index in [-0.39, 0.29) is 11.5 Å². The number of hydrogen-bond acceptors (Lipinski definition) is 4. The molecule has 1 unspecified atom stereocenters. The standard InChI is InChI=1S/C20H34N2O4/c1-6-15(7-2)26-22-18(20(3,4)5)17(23)16(21-19(24)25)13-14-11-9-8-10-12-14/h8-12,15-18,21-23H,6-7,13H2,1-5H3,(H,24,25)/t16-,17+,18?/m0/s1. The number of carbonyl (C=O) groups is 1. The van der Waals surface area contributed by atoms with Crippen molar-refractivity contribution in [3.63, 3.8) is 0 Å². The Morgan fingerprint density at radius 2 is 1.73 bits per heavy atom. The SMILES string of the molecule is CCC(CC)ONC([C@H](O)[C@H](Cc1ccccc1)NC(=O)O)C(C)(C)C. The van der Waals surface area contributed by atoms with E-state index in [0.29, 0.717) is 6.42 Å². The first-order valence-electron chi connectivity index (χ1n) is 9.31. The molecule has 1 rings (SSSR count). The molecular formula is C20H34N2O4. The Kier molecular flexibility index (Phi) is 9.05. The number of carboxylic acid groups (broad SMARTS) is 1. The highest BCUT2D eigenvalue weighted by molar-refractivity contribution is 5.65. The molecule has 6 heteroatoms. The van der Waals surface area contributed by atoms with Crippen LogP contribution in [0.2, 0.25) is 0 Å². The van der Waals surface area contributed by atoms with Crippen LogP contribution in [0.25, 0.3) is 0 Å². The van der Waals surface area contributed by atoms with E-state index in [1.54, 1.807) is 0 Å². The van der Waals surface area contributed by atoms with Crippen molar-refractivity contribution in [1.29, 1.82) is 0 Å². The molecule has 0 fully saturated rings. The topological polar surface area (TPSA) is 90.8 Å². The lowest BCUT2D eigenvalue weighted by molar-refractivity contribution is -0.0998. The number of amides is 1. The van der Waals surface area contributed by atoms with Crippen LogP contribution in [0.1, 0.15) is 53.0 Å². The third-order valence-corrected chi connectivity index (χ3v) is 4.57. The summed E-state index contributed by atoms with van der Waals surface area (Å²) in [7, 11) is 0. The summed E-state index contributed by atoms with van der Waals surface area (Å²) in [5.74, 6) is 0. The molecule has 148 valence electrons. The summed E-state index contributed by atoms with van der Waals surface area (Å²) in [5.41, 5.74) is 3.64. The Morgan fingerprint density at radius 3 is 2.19 bits per heavy atom. The normalized spacial score (nSPS) is 15.5. The van der Waals surface area contributed by atoms with Crippen molar-refractivity contribution in [3.05, 3.63) is 35.9 Å². The van der Waals surface area contributed by atoms with Crippen molar-refractivity contribution in [3.8, 4) is 0 Å². The van der Waals surface area contributed by atoms with E-state index in [9.17, 15) is 15.0 Å². The zero-order chi connectivity index (χ0) is 19.7. The van der Waals surface area contributed by atoms with Gasteiger partial charge in [0.05, 0.1) is 24.3 Å². The second kappa shape index (κ2) is 10.5. The van der Waals surface area contributed by atoms with Gasteiger partial charge in [0.25, 0.3) is 0 Å². The first kappa shape index (κ1) is 22.4. The summed E-state index contributed by atoms with van der Waals surface area (Å²) in [6.45, 7) is 10.1. The summed E-state index contributed by atoms with van der Waals surface area (Å²) in [4.78, 5) is 17.0. The van der Waals surface area contributed by atoms with Gasteiger partial charge >= 0.3 is 6.09 Å². The fraction of sp³-hybridized carbons (Fsp3) is 0.650. The fourth-order valence-electron chi connectivity index (χ4n) is 2.90. The van der Waals surface area contributed by atoms with Gasteiger partial charge in [0.2, 0.25) is 0 Å². The van der Waals surface area contributed by atoms with Crippen molar-refractivity contribution in [2.75, 3.05) is 0 Å². The van der Waals surface area contributed by atoms with Gasteiger partial charge in [-0.05, 0) is 30.2 Å². The molecule has 0 saturated carbocycles. The second-order valence-corrected chi connectivity index (χ2v) is 7.75. The average molecular weight is 367 g/mol. The van der Waals surface area contributed by atoms with Crippen molar-refractivity contribution in [2.24, 2.45) is 5.41 Å². The molecule has 4 N–H and O–H groups in total. The number of aliphatic hydroxyl groups excluding tert-OH is 1. The van der Waals surface area contributed by atoms with Crippen LogP contribution in [0.15, 0.2) is 30.3 Å². The van der Waals surface area contributed by atoms with Gasteiger partial charge in [-0.1, -0.05) is 65.0 Å². The maximum absolute atomic E-state index is 11.3. The zero-order valence-corrected chi connectivity index (χ0v) is 16.5. The highest BCUT2D eigenvalue weighted by atomic mass is 16.7. The zero-order valence-electron chi connectivity index (χ0n) is 16.5. The summed E-state index contributed by atoms with van der Waals surface area (Å²) in [6, 6.07) is 8.44. The van der Waals surface area contributed by atoms with Crippen LogP contribution in [-0.2, 0) is 11.3 Å². The number of rotatable bonds is 10. The molecule has 0 aliphatic carbocycles. The monoisotopic (exact) mass is 366 g/mol. The lowest BCUT2D eigenvalue weighted by Gasteiger charge is -2.39. The van der Waals surface area contributed by atoms with Gasteiger partial charge in [-0.3, -0.25) is 4.84 Å². The second-order valence-electron chi connectivity index (χ2n) is 7.75. The van der Waals surface area contributed by atoms with E-state index in [0.717, 1.165) is 18.4 Å². The molecule has 0 aromatic heterocycles. The molecule has 0 aliphatic heterocycles. The summed E-state index contributed by atoms with van der Waals surface area (Å²) in [5, 5.41) is 22.7. The summed E-state index contributed by atoms with van der Waals surface area (Å²) >= 11 is 0. The minimum Gasteiger partial charge on any atom is -0.465 e. The predicted molar refractivity (Wildman–Crippen MR) is 103 cm³/mol. The number of nitrogens with one attached hydrogen (secondary N) is 2. The molecule has 6 nitrogen and oxygen atoms in total. The third-order valence-electron chi connectivity index (χ3n) is 4.57. The first-order valence-corrected chi connectivity index (χ1v) is 9.31. The third kappa shape index (κ3) is 7.32. The Hall–Kier alpha value is -1.63. The van der Waals surface area contributed by atoms with Gasteiger partial charge in [0.15, 0.2) is 0 Å². The van der Waals surface area contributed by atoms with Gasteiger partial charge in [0.1, 0.15) is 0 Å². The van der Waals surface area contributed by atoms with E-state index in [1.165, 1.54) is 0 Å². The Bertz CT molecular complexity index is 526. The maximum atomic E-state index is 11.3. The molecule has 0 radical (unpaired) electrons. The lowest BCUT2D eigenvalue weighted by Crippen LogP contribution is -2.58. The number of aliphatic hydroxyl groups is 1. The maximum Gasteiger partial charge on any atom is 0.404 e. The van der Waals surface area contributed by atoms with Crippen LogP contribution < -0.4 is 10.8 Å². The quantitative estimate of drug-likeness (QED) is 0.477. The van der Waals surface area contributed by atoms with Gasteiger partial charge in [-0.15, -0.1) is 0 Å². The van der Waals surface area contributed by atoms with Crippen LogP contribution >= 0.6 is 0 Å². The Balaban J connectivity index is 2.96. The van der Waals surface area contributed by atoms with Gasteiger partial charge < -0.3 is 15.5 Å². The van der Waals surface area contributed by atoms with Crippen molar-refractivity contribution in [1.82, 2.24) is 10.8 Å². The van der Waals surface area contributed by atoms with Gasteiger partial charge in [-0.25, -0.2) is 4.79 Å². The lowest BCUT2D eigenvalue weighted by atomic mass is 9.80. The molecule has 3 atom stereocenters. The van der Waals surface area contributed by atoms with E-state index in [4.69, 9.17) is 4.84 Å². The van der Waals surface area contributed by atoms with E-state index in [2.05, 4.69) is 10.8 Å². The van der Waals surface area contributed by atoms with E-state index in [1.807, 2.05) is 65.0 Å².